The second-order valence-electron chi connectivity index (χ2n) is 17.4. The van der Waals surface area contributed by atoms with E-state index in [0.29, 0.717) is 51.1 Å². The van der Waals surface area contributed by atoms with Crippen molar-refractivity contribution in [2.45, 2.75) is 77.9 Å². The van der Waals surface area contributed by atoms with Crippen LogP contribution in [0.3, 0.4) is 0 Å². The molecule has 6 aromatic rings. The van der Waals surface area contributed by atoms with Crippen LogP contribution in [0.25, 0.3) is 20.4 Å². The number of fused-ring (bicyclic) bond motifs is 8. The number of likely N-dealkylation sites (N-methyl/N-ethyl adjacent to an activating group) is 1. The van der Waals surface area contributed by atoms with Gasteiger partial charge in [-0.15, -0.1) is 22.7 Å². The zero-order valence-electron chi connectivity index (χ0n) is 37.0. The van der Waals surface area contributed by atoms with Crippen LogP contribution in [-0.4, -0.2) is 106 Å². The topological polar surface area (TPSA) is 180 Å². The zero-order valence-corrected chi connectivity index (χ0v) is 38.7. The molecule has 17 heteroatoms. The molecule has 7 heterocycles. The number of carbonyl (C=O) groups is 2. The molecule has 2 aliphatic carbocycles. The molecule has 0 bridgehead atoms. The summed E-state index contributed by atoms with van der Waals surface area (Å²) in [5, 5.41) is 18.5. The number of nitrogens with zero attached hydrogens (tertiary/aromatic N) is 8. The summed E-state index contributed by atoms with van der Waals surface area (Å²) < 4.78 is 11.8. The standard InChI is InChI=1S/C27H32N6O2S.C21H20N4O3S/c1-4-35-22-10-18-13-28-12-17(18)9-21(22)31-25-24-20-6-5-16(11-23(20)36-26(24)30-15-29-25)27(34)33-8-7-19(14-33)32(2)3;1-2-28-16-6-13-9-22-8-12(13)5-15(16)25-19-18-14-4-3-11(21(26)27)7-17(14)29-20(18)24-10-23-19/h9-10,12,15-16,19H,4-8,11,13-14H2,1-3H3,(H,29,30,31);5-6,8,10-11H,2-4,7,9H2,1H3,(H,26,27)(H,23,24,25)/t16-,19-;11-/m00/s1. The molecular formula is C48H52N10O5S2. The van der Waals surface area contributed by atoms with Crippen LogP contribution in [0, 0.1) is 11.8 Å². The summed E-state index contributed by atoms with van der Waals surface area (Å²) in [5.74, 6) is 2.44. The van der Waals surface area contributed by atoms with Crippen LogP contribution in [0.2, 0.25) is 0 Å². The highest BCUT2D eigenvalue weighted by Gasteiger charge is 2.35. The number of thiophene rings is 2. The Balaban J connectivity index is 0.000000157. The number of carboxylic acids is 1. The number of hydrogen-bond donors (Lipinski definition) is 3. The summed E-state index contributed by atoms with van der Waals surface area (Å²) in [6.45, 7) is 8.19. The van der Waals surface area contributed by atoms with Crippen LogP contribution >= 0.6 is 22.7 Å². The minimum Gasteiger partial charge on any atom is -0.492 e. The minimum absolute atomic E-state index is 0.0522. The molecule has 1 amide bonds. The van der Waals surface area contributed by atoms with Crippen molar-refractivity contribution in [2.24, 2.45) is 21.8 Å². The van der Waals surface area contributed by atoms with Gasteiger partial charge in [-0.3, -0.25) is 19.6 Å². The van der Waals surface area contributed by atoms with E-state index >= 15 is 0 Å². The number of rotatable bonds is 11. The van der Waals surface area contributed by atoms with Crippen molar-refractivity contribution in [3.8, 4) is 11.5 Å². The Hall–Kier alpha value is -6.04. The summed E-state index contributed by atoms with van der Waals surface area (Å²) in [4.78, 5) is 60.2. The fourth-order valence-corrected chi connectivity index (χ4v) is 12.3. The second kappa shape index (κ2) is 18.1. The van der Waals surface area contributed by atoms with Crippen molar-refractivity contribution in [3.05, 3.63) is 80.1 Å². The summed E-state index contributed by atoms with van der Waals surface area (Å²) in [6, 6.07) is 8.71. The van der Waals surface area contributed by atoms with Crippen LogP contribution in [0.15, 0.2) is 46.9 Å². The van der Waals surface area contributed by atoms with Gasteiger partial charge in [0.2, 0.25) is 5.91 Å². The predicted octanol–water partition coefficient (Wildman–Crippen LogP) is 7.99. The number of benzene rings is 2. The molecule has 0 unspecified atom stereocenters. The van der Waals surface area contributed by atoms with Crippen molar-refractivity contribution in [1.82, 2.24) is 29.7 Å². The summed E-state index contributed by atoms with van der Waals surface area (Å²) >= 11 is 3.28. The Labute approximate surface area is 385 Å². The number of carbonyl (C=O) groups excluding carboxylic acids is 1. The summed E-state index contributed by atoms with van der Waals surface area (Å²) in [5.41, 5.74) is 8.71. The van der Waals surface area contributed by atoms with Crippen molar-refractivity contribution in [1.29, 1.82) is 0 Å². The molecule has 15 nitrogen and oxygen atoms in total. The van der Waals surface area contributed by atoms with E-state index in [-0.39, 0.29) is 11.8 Å². The number of amides is 1. The van der Waals surface area contributed by atoms with Gasteiger partial charge >= 0.3 is 5.97 Å². The lowest BCUT2D eigenvalue weighted by Gasteiger charge is -2.27. The number of aliphatic carboxylic acids is 1. The average molecular weight is 913 g/mol. The van der Waals surface area contributed by atoms with Gasteiger partial charge < -0.3 is 35.0 Å². The number of ether oxygens (including phenoxy) is 2. The lowest BCUT2D eigenvalue weighted by atomic mass is 9.87. The summed E-state index contributed by atoms with van der Waals surface area (Å²) in [7, 11) is 4.20. The molecular weight excluding hydrogens is 861 g/mol. The van der Waals surface area contributed by atoms with E-state index in [1.165, 1.54) is 21.6 Å². The Morgan fingerprint density at radius 1 is 0.754 bits per heavy atom. The fraction of sp³-hybridized carbons (Fsp3) is 0.417. The van der Waals surface area contributed by atoms with Crippen molar-refractivity contribution in [2.75, 3.05) is 51.0 Å². The Morgan fingerprint density at radius 3 is 1.77 bits per heavy atom. The number of anilines is 4. The molecule has 65 heavy (non-hydrogen) atoms. The predicted molar refractivity (Wildman–Crippen MR) is 257 cm³/mol. The highest BCUT2D eigenvalue weighted by atomic mass is 32.1. The highest BCUT2D eigenvalue weighted by Crippen LogP contribution is 2.44. The molecule has 1 fully saturated rings. The van der Waals surface area contributed by atoms with Gasteiger partial charge in [-0.1, -0.05) is 0 Å². The molecule has 2 aromatic carbocycles. The van der Waals surface area contributed by atoms with Gasteiger partial charge in [0.25, 0.3) is 0 Å². The summed E-state index contributed by atoms with van der Waals surface area (Å²) in [6.07, 6.45) is 12.5. The number of nitrogens with one attached hydrogen (secondary N) is 2. The molecule has 5 aliphatic rings. The molecule has 4 aromatic heterocycles. The van der Waals surface area contributed by atoms with Crippen LogP contribution in [-0.2, 0) is 48.4 Å². The molecule has 0 saturated carbocycles. The third kappa shape index (κ3) is 8.40. The maximum absolute atomic E-state index is 13.3. The SMILES string of the molecule is CCOc1cc2c(cc1Nc1ncnc3sc4c(c13)CC[C@H](C(=O)N1CC[C@H](N(C)C)C1)C4)C=NC2.CCOc1cc2c(cc1Nc1ncnc3sc4c(c13)CC[C@H](C(=O)O)C4)C=NC2. The molecule has 11 rings (SSSR count). The number of aromatic nitrogens is 4. The van der Waals surface area contributed by atoms with E-state index < -0.39 is 5.97 Å². The van der Waals surface area contributed by atoms with E-state index in [9.17, 15) is 14.7 Å². The van der Waals surface area contributed by atoms with Crippen molar-refractivity contribution < 1.29 is 24.2 Å². The van der Waals surface area contributed by atoms with Gasteiger partial charge in [0.1, 0.15) is 45.5 Å². The zero-order chi connectivity index (χ0) is 44.8. The van der Waals surface area contributed by atoms with E-state index in [1.807, 2.05) is 38.4 Å². The maximum atomic E-state index is 13.3. The lowest BCUT2D eigenvalue weighted by molar-refractivity contribution is -0.142. The van der Waals surface area contributed by atoms with Gasteiger partial charge in [-0.2, -0.15) is 0 Å². The highest BCUT2D eigenvalue weighted by molar-refractivity contribution is 7.19. The number of hydrogen-bond acceptors (Lipinski definition) is 15. The fourth-order valence-electron chi connectivity index (χ4n) is 9.73. The average Bonchev–Trinajstić information content (AvgIpc) is 4.16. The third-order valence-electron chi connectivity index (χ3n) is 13.2. The normalized spacial score (nSPS) is 19.2. The first-order chi connectivity index (χ1) is 31.6. The Kier molecular flexibility index (Phi) is 11.9. The smallest absolute Gasteiger partial charge is 0.306 e. The largest absolute Gasteiger partial charge is 0.492 e. The maximum Gasteiger partial charge on any atom is 0.306 e. The van der Waals surface area contributed by atoms with Gasteiger partial charge in [-0.05, 0) is 131 Å². The third-order valence-corrected chi connectivity index (χ3v) is 15.5. The first-order valence-electron chi connectivity index (χ1n) is 22.5. The molecule has 0 spiro atoms. The van der Waals surface area contributed by atoms with Gasteiger partial charge in [0.15, 0.2) is 0 Å². The van der Waals surface area contributed by atoms with E-state index in [1.54, 1.807) is 35.3 Å². The number of carboxylic acid groups (broad SMARTS) is 1. The molecule has 0 radical (unpaired) electrons. The molecule has 3 atom stereocenters. The lowest BCUT2D eigenvalue weighted by Crippen LogP contribution is -2.39. The Bertz CT molecular complexity index is 2890. The van der Waals surface area contributed by atoms with Crippen molar-refractivity contribution in [3.63, 3.8) is 0 Å². The van der Waals surface area contributed by atoms with Crippen LogP contribution < -0.4 is 20.1 Å². The molecule has 336 valence electrons. The van der Waals surface area contributed by atoms with E-state index in [2.05, 4.69) is 76.6 Å². The number of aryl methyl sites for hydroxylation is 2. The van der Waals surface area contributed by atoms with E-state index in [0.717, 1.165) is 122 Å². The van der Waals surface area contributed by atoms with Gasteiger partial charge in [0.05, 0.1) is 54.4 Å². The van der Waals surface area contributed by atoms with Crippen LogP contribution in [0.1, 0.15) is 76.2 Å². The van der Waals surface area contributed by atoms with Gasteiger partial charge in [-0.25, -0.2) is 19.9 Å². The second-order valence-corrected chi connectivity index (χ2v) is 19.5. The van der Waals surface area contributed by atoms with Crippen molar-refractivity contribution >= 4 is 90.4 Å². The monoisotopic (exact) mass is 912 g/mol. The van der Waals surface area contributed by atoms with E-state index in [4.69, 9.17) is 9.47 Å². The molecule has 1 saturated heterocycles. The molecule has 3 aliphatic heterocycles. The Morgan fingerprint density at radius 2 is 1.28 bits per heavy atom. The minimum atomic E-state index is -0.723. The van der Waals surface area contributed by atoms with Gasteiger partial charge in [0, 0.05) is 47.2 Å². The first kappa shape index (κ1) is 42.9. The van der Waals surface area contributed by atoms with Crippen LogP contribution in [0.4, 0.5) is 23.0 Å². The van der Waals surface area contributed by atoms with Crippen LogP contribution in [0.5, 0.6) is 11.5 Å². The number of aliphatic imine (C=N–C) groups is 2. The first-order valence-corrected chi connectivity index (χ1v) is 24.1. The molecule has 3 N–H and O–H groups in total. The quantitative estimate of drug-likeness (QED) is 0.114. The number of likely N-dealkylation sites (tertiary alicyclic amines) is 1.